The molecule has 3 heterocycles. The first-order chi connectivity index (χ1) is 10.3. The summed E-state index contributed by atoms with van der Waals surface area (Å²) in [5, 5.41) is 12.1. The second-order valence-electron chi connectivity index (χ2n) is 4.48. The first-order valence-electron chi connectivity index (χ1n) is 6.45. The van der Waals surface area contributed by atoms with E-state index in [1.54, 1.807) is 12.4 Å². The molecule has 104 valence electrons. The van der Waals surface area contributed by atoms with Gasteiger partial charge in [-0.3, -0.25) is 4.57 Å². The second-order valence-corrected chi connectivity index (χ2v) is 5.65. The molecule has 0 atom stereocenters. The number of aromatic nitrogens is 3. The van der Waals surface area contributed by atoms with Gasteiger partial charge in [-0.25, -0.2) is 9.97 Å². The molecule has 0 amide bonds. The maximum absolute atomic E-state index is 8.80. The second kappa shape index (κ2) is 5.77. The predicted octanol–water partition coefficient (Wildman–Crippen LogP) is 3.12. The van der Waals surface area contributed by atoms with Crippen molar-refractivity contribution < 1.29 is 0 Å². The van der Waals surface area contributed by atoms with Crippen molar-refractivity contribution in [3.63, 3.8) is 0 Å². The van der Waals surface area contributed by atoms with Crippen molar-refractivity contribution >= 4 is 17.0 Å². The summed E-state index contributed by atoms with van der Waals surface area (Å²) in [5.41, 5.74) is 0.948. The highest BCUT2D eigenvalue weighted by molar-refractivity contribution is 7.12. The highest BCUT2D eigenvalue weighted by atomic mass is 32.1. The fraction of sp³-hybridized carbons (Fsp3) is 0.133. The van der Waals surface area contributed by atoms with Gasteiger partial charge in [0.15, 0.2) is 0 Å². The number of hydrogen-bond donors (Lipinski definition) is 1. The number of aryl methyl sites for hydroxylation is 1. The molecule has 0 fully saturated rings. The van der Waals surface area contributed by atoms with Crippen molar-refractivity contribution in [3.05, 3.63) is 58.4 Å². The third kappa shape index (κ3) is 2.93. The molecule has 0 saturated carbocycles. The molecule has 1 N–H and O–H groups in total. The van der Waals surface area contributed by atoms with Gasteiger partial charge in [-0.15, -0.1) is 11.3 Å². The van der Waals surface area contributed by atoms with Crippen LogP contribution in [0, 0.1) is 18.3 Å². The molecule has 0 bridgehead atoms. The van der Waals surface area contributed by atoms with E-state index in [1.165, 1.54) is 11.3 Å². The fourth-order valence-electron chi connectivity index (χ4n) is 1.98. The third-order valence-electron chi connectivity index (χ3n) is 3.06. The van der Waals surface area contributed by atoms with E-state index < -0.39 is 0 Å². The largest absolute Gasteiger partial charge is 0.379 e. The van der Waals surface area contributed by atoms with Crippen LogP contribution in [0.15, 0.2) is 42.9 Å². The Balaban J connectivity index is 1.67. The van der Waals surface area contributed by atoms with Crippen LogP contribution < -0.4 is 5.32 Å². The summed E-state index contributed by atoms with van der Waals surface area (Å²) < 4.78 is 1.93. The number of hydrogen-bond acceptors (Lipinski definition) is 5. The molecule has 6 heteroatoms. The lowest BCUT2D eigenvalue weighted by Gasteiger charge is -2.07. The fourth-order valence-corrected chi connectivity index (χ4v) is 2.72. The molecule has 0 aromatic carbocycles. The molecule has 0 saturated heterocycles. The molecule has 0 spiro atoms. The van der Waals surface area contributed by atoms with Crippen molar-refractivity contribution in [3.8, 4) is 11.9 Å². The number of rotatable bonds is 4. The molecular formula is C15H13N5S. The Morgan fingerprint density at radius 1 is 1.29 bits per heavy atom. The zero-order valence-corrected chi connectivity index (χ0v) is 12.3. The van der Waals surface area contributed by atoms with Gasteiger partial charge in [-0.1, -0.05) is 0 Å². The molecule has 0 aliphatic heterocycles. The summed E-state index contributed by atoms with van der Waals surface area (Å²) in [5.74, 6) is 1.75. The van der Waals surface area contributed by atoms with Crippen LogP contribution in [-0.2, 0) is 6.54 Å². The van der Waals surface area contributed by atoms with E-state index in [0.717, 1.165) is 27.1 Å². The molecule has 5 nitrogen and oxygen atoms in total. The van der Waals surface area contributed by atoms with Crippen molar-refractivity contribution in [2.24, 2.45) is 0 Å². The van der Waals surface area contributed by atoms with E-state index >= 15 is 0 Å². The summed E-state index contributed by atoms with van der Waals surface area (Å²) in [6.45, 7) is 2.63. The topological polar surface area (TPSA) is 66.5 Å². The van der Waals surface area contributed by atoms with Crippen LogP contribution in [0.2, 0.25) is 0 Å². The lowest BCUT2D eigenvalue weighted by molar-refractivity contribution is 0.932. The van der Waals surface area contributed by atoms with Crippen molar-refractivity contribution in [1.82, 2.24) is 14.5 Å². The van der Waals surface area contributed by atoms with E-state index in [0.29, 0.717) is 6.54 Å². The molecular weight excluding hydrogens is 282 g/mol. The van der Waals surface area contributed by atoms with Gasteiger partial charge in [-0.05, 0) is 31.2 Å². The maximum Gasteiger partial charge on any atom is 0.138 e. The average molecular weight is 295 g/mol. The minimum Gasteiger partial charge on any atom is -0.379 e. The first-order valence-corrected chi connectivity index (χ1v) is 7.27. The Bertz CT molecular complexity index is 779. The van der Waals surface area contributed by atoms with Gasteiger partial charge in [0, 0.05) is 23.8 Å². The smallest absolute Gasteiger partial charge is 0.138 e. The zero-order chi connectivity index (χ0) is 14.7. The molecule has 3 rings (SSSR count). The van der Waals surface area contributed by atoms with E-state index in [2.05, 4.69) is 21.4 Å². The van der Waals surface area contributed by atoms with Crippen molar-refractivity contribution in [2.75, 3.05) is 5.32 Å². The van der Waals surface area contributed by atoms with Gasteiger partial charge in [0.2, 0.25) is 0 Å². The Labute approximate surface area is 126 Å². The minimum absolute atomic E-state index is 0.692. The maximum atomic E-state index is 8.80. The summed E-state index contributed by atoms with van der Waals surface area (Å²) >= 11 is 1.50. The SMILES string of the molecule is Cc1nccn1-c1ccc(NCc2ccc(C#N)s2)cn1. The third-order valence-corrected chi connectivity index (χ3v) is 4.05. The number of pyridine rings is 1. The van der Waals surface area contributed by atoms with Crippen LogP contribution in [0.5, 0.6) is 0 Å². The highest BCUT2D eigenvalue weighted by Gasteiger charge is 2.03. The average Bonchev–Trinajstić information content (AvgIpc) is 3.14. The van der Waals surface area contributed by atoms with E-state index in [4.69, 9.17) is 5.26 Å². The summed E-state index contributed by atoms with van der Waals surface area (Å²) in [4.78, 5) is 10.5. The first kappa shape index (κ1) is 13.3. The Hall–Kier alpha value is -2.65. The predicted molar refractivity (Wildman–Crippen MR) is 82.5 cm³/mol. The van der Waals surface area contributed by atoms with Crippen LogP contribution in [0.1, 0.15) is 15.6 Å². The van der Waals surface area contributed by atoms with Crippen LogP contribution in [0.3, 0.4) is 0 Å². The van der Waals surface area contributed by atoms with E-state index in [-0.39, 0.29) is 0 Å². The van der Waals surface area contributed by atoms with Gasteiger partial charge >= 0.3 is 0 Å². The number of nitriles is 1. The zero-order valence-electron chi connectivity index (χ0n) is 11.4. The molecule has 3 aromatic heterocycles. The standard InChI is InChI=1S/C15H13N5S/c1-11-17-6-7-20(11)15-5-2-12(9-19-15)18-10-14-4-3-13(8-16)21-14/h2-7,9,18H,10H2,1H3. The minimum atomic E-state index is 0.692. The van der Waals surface area contributed by atoms with Crippen LogP contribution in [-0.4, -0.2) is 14.5 Å². The van der Waals surface area contributed by atoms with Gasteiger partial charge in [0.1, 0.15) is 22.6 Å². The molecule has 0 unspecified atom stereocenters. The van der Waals surface area contributed by atoms with Gasteiger partial charge in [0.05, 0.1) is 11.9 Å². The quantitative estimate of drug-likeness (QED) is 0.803. The summed E-state index contributed by atoms with van der Waals surface area (Å²) in [6.07, 6.45) is 5.44. The van der Waals surface area contributed by atoms with Crippen molar-refractivity contribution in [1.29, 1.82) is 5.26 Å². The Kier molecular flexibility index (Phi) is 3.67. The molecule has 21 heavy (non-hydrogen) atoms. The van der Waals surface area contributed by atoms with Crippen LogP contribution in [0.25, 0.3) is 5.82 Å². The molecule has 0 aliphatic rings. The Morgan fingerprint density at radius 3 is 2.81 bits per heavy atom. The summed E-state index contributed by atoms with van der Waals surface area (Å²) in [7, 11) is 0. The lowest BCUT2D eigenvalue weighted by atomic mass is 10.3. The summed E-state index contributed by atoms with van der Waals surface area (Å²) in [6, 6.07) is 9.88. The van der Waals surface area contributed by atoms with Gasteiger partial charge in [-0.2, -0.15) is 5.26 Å². The number of thiophene rings is 1. The van der Waals surface area contributed by atoms with Crippen LogP contribution >= 0.6 is 11.3 Å². The van der Waals surface area contributed by atoms with Crippen molar-refractivity contribution in [2.45, 2.75) is 13.5 Å². The van der Waals surface area contributed by atoms with Gasteiger partial charge < -0.3 is 5.32 Å². The van der Waals surface area contributed by atoms with E-state index in [1.807, 2.05) is 42.0 Å². The number of nitrogens with one attached hydrogen (secondary N) is 1. The normalized spacial score (nSPS) is 10.3. The monoisotopic (exact) mass is 295 g/mol. The highest BCUT2D eigenvalue weighted by Crippen LogP contribution is 2.17. The molecule has 3 aromatic rings. The number of anilines is 1. The Morgan fingerprint density at radius 2 is 2.19 bits per heavy atom. The van der Waals surface area contributed by atoms with Crippen LogP contribution in [0.4, 0.5) is 5.69 Å². The lowest BCUT2D eigenvalue weighted by Crippen LogP contribution is -2.01. The molecule has 0 aliphatic carbocycles. The number of imidazole rings is 1. The van der Waals surface area contributed by atoms with Gasteiger partial charge in [0.25, 0.3) is 0 Å². The number of nitrogens with zero attached hydrogens (tertiary/aromatic N) is 4. The molecule has 0 radical (unpaired) electrons. The van der Waals surface area contributed by atoms with E-state index in [9.17, 15) is 0 Å².